The summed E-state index contributed by atoms with van der Waals surface area (Å²) in [5.74, 6) is -0.400. The van der Waals surface area contributed by atoms with E-state index < -0.39 is 20.5 Å². The van der Waals surface area contributed by atoms with Gasteiger partial charge < -0.3 is 14.1 Å². The van der Waals surface area contributed by atoms with E-state index in [0.29, 0.717) is 18.7 Å². The number of hydrogen-bond acceptors (Lipinski definition) is 4. The van der Waals surface area contributed by atoms with E-state index in [0.717, 1.165) is 0 Å². The van der Waals surface area contributed by atoms with Crippen LogP contribution < -0.4 is 0 Å². The van der Waals surface area contributed by atoms with E-state index in [9.17, 15) is 9.59 Å². The Bertz CT molecular complexity index is 595. The Labute approximate surface area is 145 Å². The fourth-order valence-electron chi connectivity index (χ4n) is 2.18. The van der Waals surface area contributed by atoms with Crippen LogP contribution in [0.3, 0.4) is 0 Å². The fraction of sp³-hybridized carbons (Fsp3) is 0.556. The molecule has 1 aromatic carbocycles. The van der Waals surface area contributed by atoms with Gasteiger partial charge in [0.25, 0.3) is 0 Å². The summed E-state index contributed by atoms with van der Waals surface area (Å²) in [5.41, 5.74) is 0.495. The van der Waals surface area contributed by atoms with Crippen LogP contribution in [0, 0.1) is 0 Å². The number of carbonyl (C=O) groups excluding carboxylic acids is 2. The van der Waals surface area contributed by atoms with E-state index in [2.05, 4.69) is 33.9 Å². The summed E-state index contributed by atoms with van der Waals surface area (Å²) in [4.78, 5) is 25.5. The molecule has 24 heavy (non-hydrogen) atoms. The van der Waals surface area contributed by atoms with Crippen molar-refractivity contribution in [2.75, 3.05) is 13.2 Å². The van der Waals surface area contributed by atoms with Crippen molar-refractivity contribution in [3.8, 4) is 0 Å². The lowest BCUT2D eigenvalue weighted by Gasteiger charge is -2.41. The van der Waals surface area contributed by atoms with Crippen molar-refractivity contribution < 1.29 is 18.8 Å². The molecule has 1 saturated heterocycles. The number of esters is 1. The molecule has 0 aliphatic carbocycles. The first kappa shape index (κ1) is 18.7. The first-order valence-corrected chi connectivity index (χ1v) is 11.2. The molecule has 0 saturated carbocycles. The van der Waals surface area contributed by atoms with Crippen LogP contribution >= 0.6 is 0 Å². The number of likely N-dealkylation sites (tertiary alicyclic amines) is 1. The van der Waals surface area contributed by atoms with E-state index in [-0.39, 0.29) is 17.4 Å². The summed E-state index contributed by atoms with van der Waals surface area (Å²) in [6, 6.07) is 8.82. The van der Waals surface area contributed by atoms with Crippen molar-refractivity contribution >= 4 is 20.2 Å². The van der Waals surface area contributed by atoms with Crippen LogP contribution in [0.4, 0.5) is 0 Å². The van der Waals surface area contributed by atoms with Crippen molar-refractivity contribution in [1.29, 1.82) is 0 Å². The van der Waals surface area contributed by atoms with Crippen LogP contribution in [0.1, 0.15) is 37.6 Å². The third-order valence-electron chi connectivity index (χ3n) is 4.87. The first-order valence-electron chi connectivity index (χ1n) is 8.31. The molecule has 0 N–H and O–H groups in total. The Morgan fingerprint density at radius 3 is 2.42 bits per heavy atom. The van der Waals surface area contributed by atoms with Gasteiger partial charge in [0, 0.05) is 6.54 Å². The molecule has 1 unspecified atom stereocenters. The molecular formula is C18H27NO4Si. The second kappa shape index (κ2) is 7.07. The summed E-state index contributed by atoms with van der Waals surface area (Å²) in [5, 5.41) is 0.130. The van der Waals surface area contributed by atoms with Crippen LogP contribution in [0.15, 0.2) is 30.3 Å². The maximum Gasteiger partial charge on any atom is 0.340 e. The maximum absolute atomic E-state index is 12.1. The van der Waals surface area contributed by atoms with E-state index in [1.165, 1.54) is 0 Å². The highest BCUT2D eigenvalue weighted by atomic mass is 28.4. The molecule has 0 aromatic heterocycles. The zero-order valence-corrected chi connectivity index (χ0v) is 16.2. The minimum Gasteiger partial charge on any atom is -0.437 e. The Hall–Kier alpha value is -1.66. The molecule has 1 heterocycles. The SMILES string of the molecule is CC(C)(C)[Si](C)(C)OCCN1C(=O)CC1OC(=O)c1ccccc1. The molecule has 1 aliphatic heterocycles. The van der Waals surface area contributed by atoms with Gasteiger partial charge >= 0.3 is 5.97 Å². The van der Waals surface area contributed by atoms with Gasteiger partial charge in [-0.15, -0.1) is 0 Å². The van der Waals surface area contributed by atoms with Gasteiger partial charge in [0.1, 0.15) is 0 Å². The average molecular weight is 350 g/mol. The molecule has 1 aromatic rings. The van der Waals surface area contributed by atoms with Crippen molar-refractivity contribution in [1.82, 2.24) is 4.90 Å². The Morgan fingerprint density at radius 1 is 1.25 bits per heavy atom. The fourth-order valence-corrected chi connectivity index (χ4v) is 3.22. The summed E-state index contributed by atoms with van der Waals surface area (Å²) >= 11 is 0. The zero-order chi connectivity index (χ0) is 18.0. The molecule has 2 rings (SSSR count). The van der Waals surface area contributed by atoms with Gasteiger partial charge in [-0.2, -0.15) is 0 Å². The van der Waals surface area contributed by atoms with Crippen molar-refractivity contribution in [2.24, 2.45) is 0 Å². The van der Waals surface area contributed by atoms with E-state index in [1.807, 2.05) is 6.07 Å². The second-order valence-electron chi connectivity index (χ2n) is 7.63. The highest BCUT2D eigenvalue weighted by molar-refractivity contribution is 6.74. The first-order chi connectivity index (χ1) is 11.1. The topological polar surface area (TPSA) is 55.8 Å². The van der Waals surface area contributed by atoms with Crippen LogP contribution in [0.2, 0.25) is 18.1 Å². The number of ether oxygens (including phenoxy) is 1. The smallest absolute Gasteiger partial charge is 0.340 e. The second-order valence-corrected chi connectivity index (χ2v) is 12.4. The zero-order valence-electron chi connectivity index (χ0n) is 15.2. The standard InChI is InChI=1S/C18H27NO4Si/c1-18(2,3)24(4,5)22-12-11-19-15(20)13-16(19)23-17(21)14-9-7-6-8-10-14/h6-10,16H,11-13H2,1-5H3. The maximum atomic E-state index is 12.1. The normalized spacial score (nSPS) is 18.3. The van der Waals surface area contributed by atoms with Crippen LogP contribution in [-0.2, 0) is 14.0 Å². The minimum atomic E-state index is -1.83. The van der Waals surface area contributed by atoms with Gasteiger partial charge in [-0.05, 0) is 30.3 Å². The Morgan fingerprint density at radius 2 is 1.88 bits per heavy atom. The van der Waals surface area contributed by atoms with Gasteiger partial charge in [-0.25, -0.2) is 4.79 Å². The third-order valence-corrected chi connectivity index (χ3v) is 9.41. The minimum absolute atomic E-state index is 0.000284. The predicted molar refractivity (Wildman–Crippen MR) is 95.1 cm³/mol. The average Bonchev–Trinajstić information content (AvgIpc) is 2.50. The quantitative estimate of drug-likeness (QED) is 0.448. The molecule has 0 radical (unpaired) electrons. The van der Waals surface area contributed by atoms with E-state index >= 15 is 0 Å². The van der Waals surface area contributed by atoms with Gasteiger partial charge in [0.05, 0.1) is 18.6 Å². The lowest BCUT2D eigenvalue weighted by atomic mass is 10.1. The third kappa shape index (κ3) is 4.24. The lowest BCUT2D eigenvalue weighted by Crippen LogP contribution is -2.56. The van der Waals surface area contributed by atoms with E-state index in [4.69, 9.17) is 9.16 Å². The number of carbonyl (C=O) groups is 2. The summed E-state index contributed by atoms with van der Waals surface area (Å²) in [6.07, 6.45) is -0.230. The Balaban J connectivity index is 1.85. The molecule has 1 atom stereocenters. The molecule has 1 fully saturated rings. The number of rotatable bonds is 6. The highest BCUT2D eigenvalue weighted by Gasteiger charge is 2.41. The monoisotopic (exact) mass is 349 g/mol. The van der Waals surface area contributed by atoms with Gasteiger partial charge in [-0.3, -0.25) is 4.79 Å². The molecule has 6 heteroatoms. The lowest BCUT2D eigenvalue weighted by molar-refractivity contribution is -0.165. The van der Waals surface area contributed by atoms with Crippen molar-refractivity contribution in [2.45, 2.75) is 51.6 Å². The van der Waals surface area contributed by atoms with E-state index in [1.54, 1.807) is 29.2 Å². The van der Waals surface area contributed by atoms with Crippen molar-refractivity contribution in [3.63, 3.8) is 0 Å². The Kier molecular flexibility index (Phi) is 5.50. The van der Waals surface area contributed by atoms with Gasteiger partial charge in [0.15, 0.2) is 14.5 Å². The van der Waals surface area contributed by atoms with Gasteiger partial charge in [0.2, 0.25) is 5.91 Å². The molecular weight excluding hydrogens is 322 g/mol. The van der Waals surface area contributed by atoms with Crippen LogP contribution in [0.25, 0.3) is 0 Å². The molecule has 132 valence electrons. The molecule has 0 spiro atoms. The number of hydrogen-bond donors (Lipinski definition) is 0. The molecule has 1 aliphatic rings. The van der Waals surface area contributed by atoms with Crippen LogP contribution in [-0.4, -0.2) is 44.5 Å². The number of nitrogens with zero attached hydrogens (tertiary/aromatic N) is 1. The molecule has 5 nitrogen and oxygen atoms in total. The summed E-state index contributed by atoms with van der Waals surface area (Å²) in [7, 11) is -1.83. The van der Waals surface area contributed by atoms with Gasteiger partial charge in [-0.1, -0.05) is 39.0 Å². The number of β-lactam (4-membered cyclic amide) rings is 1. The largest absolute Gasteiger partial charge is 0.437 e. The number of benzene rings is 1. The predicted octanol–water partition coefficient (Wildman–Crippen LogP) is 3.42. The summed E-state index contributed by atoms with van der Waals surface area (Å²) < 4.78 is 11.5. The van der Waals surface area contributed by atoms with Crippen LogP contribution in [0.5, 0.6) is 0 Å². The summed E-state index contributed by atoms with van der Waals surface area (Å²) in [6.45, 7) is 11.8. The molecule has 0 bridgehead atoms. The highest BCUT2D eigenvalue weighted by Crippen LogP contribution is 2.36. The van der Waals surface area contributed by atoms with Crippen molar-refractivity contribution in [3.05, 3.63) is 35.9 Å². The molecule has 1 amide bonds. The number of amides is 1.